The first-order chi connectivity index (χ1) is 11.4. The molecule has 0 fully saturated rings. The minimum Gasteiger partial charge on any atom is -0.452 e. The predicted octanol–water partition coefficient (Wildman–Crippen LogP) is 3.39. The Morgan fingerprint density at radius 3 is 2.46 bits per heavy atom. The van der Waals surface area contributed by atoms with E-state index >= 15 is 0 Å². The van der Waals surface area contributed by atoms with Crippen molar-refractivity contribution >= 4 is 17.6 Å². The van der Waals surface area contributed by atoms with Gasteiger partial charge in [0.05, 0.1) is 5.56 Å². The lowest BCUT2D eigenvalue weighted by Gasteiger charge is -2.08. The third-order valence-electron chi connectivity index (χ3n) is 2.95. The quantitative estimate of drug-likeness (QED) is 0.822. The number of halogens is 2. The molecule has 0 saturated heterocycles. The fourth-order valence-electron chi connectivity index (χ4n) is 1.91. The molecule has 2 aromatic carbocycles. The van der Waals surface area contributed by atoms with Crippen LogP contribution in [0, 0.1) is 6.92 Å². The molecule has 0 heterocycles. The van der Waals surface area contributed by atoms with Crippen molar-refractivity contribution in [1.29, 1.82) is 0 Å². The summed E-state index contributed by atoms with van der Waals surface area (Å²) in [6, 6.07) is 12.2. The van der Waals surface area contributed by atoms with Gasteiger partial charge in [-0.3, -0.25) is 4.79 Å². The Bertz CT molecular complexity index is 717. The fraction of sp³-hybridized carbons (Fsp3) is 0.176. The number of aryl methyl sites for hydroxylation is 1. The zero-order valence-corrected chi connectivity index (χ0v) is 12.8. The lowest BCUT2D eigenvalue weighted by atomic mass is 10.2. The van der Waals surface area contributed by atoms with Gasteiger partial charge >= 0.3 is 12.6 Å². The number of rotatable bonds is 6. The molecule has 126 valence electrons. The van der Waals surface area contributed by atoms with E-state index in [9.17, 15) is 18.4 Å². The van der Waals surface area contributed by atoms with Gasteiger partial charge in [-0.15, -0.1) is 0 Å². The predicted molar refractivity (Wildman–Crippen MR) is 83.2 cm³/mol. The van der Waals surface area contributed by atoms with Crippen LogP contribution in [-0.4, -0.2) is 25.1 Å². The average Bonchev–Trinajstić information content (AvgIpc) is 2.53. The molecule has 0 aliphatic heterocycles. The smallest absolute Gasteiger partial charge is 0.387 e. The number of amides is 1. The summed E-state index contributed by atoms with van der Waals surface area (Å²) in [5, 5.41) is 2.60. The summed E-state index contributed by atoms with van der Waals surface area (Å²) in [7, 11) is 0. The Kier molecular flexibility index (Phi) is 5.83. The van der Waals surface area contributed by atoms with Crippen molar-refractivity contribution < 1.29 is 27.8 Å². The summed E-state index contributed by atoms with van der Waals surface area (Å²) in [5.41, 5.74) is 1.71. The molecule has 1 amide bonds. The number of nitrogens with one attached hydrogen (secondary N) is 1. The maximum atomic E-state index is 12.0. The molecule has 0 aliphatic rings. The molecule has 1 N–H and O–H groups in total. The SMILES string of the molecule is Cc1cccc(NC(=O)COC(=O)c2ccc(OC(F)F)cc2)c1. The van der Waals surface area contributed by atoms with E-state index in [0.29, 0.717) is 5.69 Å². The van der Waals surface area contributed by atoms with Crippen LogP contribution in [0.2, 0.25) is 0 Å². The Hall–Kier alpha value is -2.96. The van der Waals surface area contributed by atoms with Crippen LogP contribution in [0.3, 0.4) is 0 Å². The number of hydrogen-bond acceptors (Lipinski definition) is 4. The maximum Gasteiger partial charge on any atom is 0.387 e. The second kappa shape index (κ2) is 8.05. The van der Waals surface area contributed by atoms with Crippen molar-refractivity contribution in [2.24, 2.45) is 0 Å². The van der Waals surface area contributed by atoms with Gasteiger partial charge in [0.2, 0.25) is 0 Å². The van der Waals surface area contributed by atoms with Gasteiger partial charge in [-0.25, -0.2) is 4.79 Å². The Labute approximate surface area is 137 Å². The molecule has 0 bridgehead atoms. The highest BCUT2D eigenvalue weighted by atomic mass is 19.3. The molecular formula is C17H15F2NO4. The molecule has 0 aromatic heterocycles. The van der Waals surface area contributed by atoms with Crippen LogP contribution in [0.25, 0.3) is 0 Å². The number of anilines is 1. The minimum atomic E-state index is -2.94. The standard InChI is InChI=1S/C17H15F2NO4/c1-11-3-2-4-13(9-11)20-15(21)10-23-16(22)12-5-7-14(8-6-12)24-17(18)19/h2-9,17H,10H2,1H3,(H,20,21). The number of hydrogen-bond donors (Lipinski definition) is 1. The number of ether oxygens (including phenoxy) is 2. The molecule has 0 unspecified atom stereocenters. The summed E-state index contributed by atoms with van der Waals surface area (Å²) in [5.74, 6) is -1.29. The van der Waals surface area contributed by atoms with E-state index in [1.807, 2.05) is 13.0 Å². The van der Waals surface area contributed by atoms with E-state index in [2.05, 4.69) is 10.1 Å². The van der Waals surface area contributed by atoms with Gasteiger partial charge in [0.1, 0.15) is 5.75 Å². The van der Waals surface area contributed by atoms with Crippen LogP contribution < -0.4 is 10.1 Å². The third-order valence-corrected chi connectivity index (χ3v) is 2.95. The van der Waals surface area contributed by atoms with Crippen molar-refractivity contribution in [2.45, 2.75) is 13.5 Å². The van der Waals surface area contributed by atoms with Crippen LogP contribution in [0.1, 0.15) is 15.9 Å². The van der Waals surface area contributed by atoms with Gasteiger partial charge in [-0.05, 0) is 48.9 Å². The van der Waals surface area contributed by atoms with Gasteiger partial charge in [0.15, 0.2) is 6.61 Å². The molecule has 5 nitrogen and oxygen atoms in total. The van der Waals surface area contributed by atoms with Crippen LogP contribution >= 0.6 is 0 Å². The van der Waals surface area contributed by atoms with Gasteiger partial charge in [0.25, 0.3) is 5.91 Å². The summed E-state index contributed by atoms with van der Waals surface area (Å²) in [4.78, 5) is 23.5. The third kappa shape index (κ3) is 5.35. The lowest BCUT2D eigenvalue weighted by molar-refractivity contribution is -0.119. The minimum absolute atomic E-state index is 0.0706. The number of carbonyl (C=O) groups is 2. The van der Waals surface area contributed by atoms with E-state index in [0.717, 1.165) is 5.56 Å². The highest BCUT2D eigenvalue weighted by Gasteiger charge is 2.11. The highest BCUT2D eigenvalue weighted by molar-refractivity contribution is 5.95. The largest absolute Gasteiger partial charge is 0.452 e. The van der Waals surface area contributed by atoms with Crippen LogP contribution in [0.15, 0.2) is 48.5 Å². The molecule has 0 atom stereocenters. The number of carbonyl (C=O) groups excluding carboxylic acids is 2. The van der Waals surface area contributed by atoms with E-state index in [4.69, 9.17) is 4.74 Å². The monoisotopic (exact) mass is 335 g/mol. The molecule has 0 radical (unpaired) electrons. The van der Waals surface area contributed by atoms with Crippen molar-refractivity contribution in [3.63, 3.8) is 0 Å². The van der Waals surface area contributed by atoms with Crippen LogP contribution in [0.5, 0.6) is 5.75 Å². The lowest BCUT2D eigenvalue weighted by Crippen LogP contribution is -2.20. The normalized spacial score (nSPS) is 10.3. The van der Waals surface area contributed by atoms with E-state index in [1.54, 1.807) is 18.2 Å². The number of benzene rings is 2. The second-order valence-electron chi connectivity index (χ2n) is 4.90. The number of esters is 1. The summed E-state index contributed by atoms with van der Waals surface area (Å²) >= 11 is 0. The van der Waals surface area contributed by atoms with Gasteiger partial charge < -0.3 is 14.8 Å². The van der Waals surface area contributed by atoms with Gasteiger partial charge in [0, 0.05) is 5.69 Å². The van der Waals surface area contributed by atoms with E-state index in [-0.39, 0.29) is 11.3 Å². The molecule has 2 rings (SSSR count). The second-order valence-corrected chi connectivity index (χ2v) is 4.90. The van der Waals surface area contributed by atoms with E-state index in [1.165, 1.54) is 24.3 Å². The first kappa shape index (κ1) is 17.4. The highest BCUT2D eigenvalue weighted by Crippen LogP contribution is 2.15. The van der Waals surface area contributed by atoms with Gasteiger partial charge in [-0.2, -0.15) is 8.78 Å². The fourth-order valence-corrected chi connectivity index (χ4v) is 1.91. The zero-order chi connectivity index (χ0) is 17.5. The summed E-state index contributed by atoms with van der Waals surface area (Å²) < 4.78 is 33.1. The first-order valence-corrected chi connectivity index (χ1v) is 7.02. The molecular weight excluding hydrogens is 320 g/mol. The Morgan fingerprint density at radius 1 is 1.12 bits per heavy atom. The van der Waals surface area contributed by atoms with Crippen molar-refractivity contribution in [3.05, 3.63) is 59.7 Å². The Balaban J connectivity index is 1.85. The molecule has 0 saturated carbocycles. The molecule has 2 aromatic rings. The summed E-state index contributed by atoms with van der Waals surface area (Å²) in [6.45, 7) is -1.51. The molecule has 7 heteroatoms. The van der Waals surface area contributed by atoms with Crippen LogP contribution in [0.4, 0.5) is 14.5 Å². The summed E-state index contributed by atoms with van der Waals surface area (Å²) in [6.07, 6.45) is 0. The van der Waals surface area contributed by atoms with Crippen LogP contribution in [-0.2, 0) is 9.53 Å². The first-order valence-electron chi connectivity index (χ1n) is 7.02. The van der Waals surface area contributed by atoms with Crippen molar-refractivity contribution in [3.8, 4) is 5.75 Å². The van der Waals surface area contributed by atoms with E-state index < -0.39 is 25.1 Å². The Morgan fingerprint density at radius 2 is 1.83 bits per heavy atom. The van der Waals surface area contributed by atoms with Crippen molar-refractivity contribution in [1.82, 2.24) is 0 Å². The maximum absolute atomic E-state index is 12.0. The zero-order valence-electron chi connectivity index (χ0n) is 12.8. The van der Waals surface area contributed by atoms with Crippen molar-refractivity contribution in [2.75, 3.05) is 11.9 Å². The molecule has 0 spiro atoms. The topological polar surface area (TPSA) is 64.6 Å². The number of alkyl halides is 2. The van der Waals surface area contributed by atoms with Gasteiger partial charge in [-0.1, -0.05) is 12.1 Å². The molecule has 24 heavy (non-hydrogen) atoms. The molecule has 0 aliphatic carbocycles. The average molecular weight is 335 g/mol.